The van der Waals surface area contributed by atoms with Crippen molar-refractivity contribution in [2.75, 3.05) is 33.0 Å². The first kappa shape index (κ1) is 15.0. The van der Waals surface area contributed by atoms with Crippen LogP contribution >= 0.6 is 0 Å². The summed E-state index contributed by atoms with van der Waals surface area (Å²) in [5, 5.41) is 11.8. The molecule has 4 heteroatoms. The Kier molecular flexibility index (Phi) is 8.21. The minimum absolute atomic E-state index is 0.0771. The molecule has 2 N–H and O–H groups in total. The fraction of sp³-hybridized carbons (Fsp3) is 0.571. The number of ether oxygens (including phenoxy) is 2. The van der Waals surface area contributed by atoms with Crippen molar-refractivity contribution in [1.82, 2.24) is 5.32 Å². The van der Waals surface area contributed by atoms with Crippen LogP contribution in [0.3, 0.4) is 0 Å². The highest BCUT2D eigenvalue weighted by atomic mass is 16.5. The van der Waals surface area contributed by atoms with Crippen LogP contribution in [0.1, 0.15) is 18.9 Å². The molecule has 0 spiro atoms. The maximum Gasteiger partial charge on any atom is 0.123 e. The van der Waals surface area contributed by atoms with Crippen molar-refractivity contribution in [3.63, 3.8) is 0 Å². The molecule has 1 aromatic carbocycles. The Morgan fingerprint density at radius 3 is 2.78 bits per heavy atom. The van der Waals surface area contributed by atoms with Gasteiger partial charge in [0.1, 0.15) is 5.75 Å². The SMILES string of the molecule is CCCOc1ccccc1CNCCOCCO. The number of aliphatic hydroxyl groups is 1. The lowest BCUT2D eigenvalue weighted by Gasteiger charge is -2.11. The van der Waals surface area contributed by atoms with E-state index in [-0.39, 0.29) is 6.61 Å². The summed E-state index contributed by atoms with van der Waals surface area (Å²) in [5.41, 5.74) is 1.16. The Balaban J connectivity index is 2.27. The van der Waals surface area contributed by atoms with Crippen LogP contribution < -0.4 is 10.1 Å². The largest absolute Gasteiger partial charge is 0.493 e. The summed E-state index contributed by atoms with van der Waals surface area (Å²) in [6, 6.07) is 8.05. The second kappa shape index (κ2) is 9.88. The average molecular weight is 253 g/mol. The predicted octanol–water partition coefficient (Wildman–Crippen LogP) is 1.57. The normalized spacial score (nSPS) is 10.6. The summed E-state index contributed by atoms with van der Waals surface area (Å²) in [6.45, 7) is 5.46. The van der Waals surface area contributed by atoms with Crippen LogP contribution in [0, 0.1) is 0 Å². The molecule has 0 unspecified atom stereocenters. The number of hydrogen-bond acceptors (Lipinski definition) is 4. The molecule has 0 saturated heterocycles. The molecule has 1 aromatic rings. The van der Waals surface area contributed by atoms with Crippen LogP contribution in [0.4, 0.5) is 0 Å². The second-order valence-corrected chi connectivity index (χ2v) is 3.97. The Morgan fingerprint density at radius 2 is 2.00 bits per heavy atom. The van der Waals surface area contributed by atoms with E-state index < -0.39 is 0 Å². The van der Waals surface area contributed by atoms with E-state index in [0.717, 1.165) is 37.4 Å². The van der Waals surface area contributed by atoms with Gasteiger partial charge >= 0.3 is 0 Å². The highest BCUT2D eigenvalue weighted by molar-refractivity contribution is 5.33. The number of para-hydroxylation sites is 1. The third-order valence-electron chi connectivity index (χ3n) is 2.41. The smallest absolute Gasteiger partial charge is 0.123 e. The predicted molar refractivity (Wildman–Crippen MR) is 71.8 cm³/mol. The zero-order chi connectivity index (χ0) is 13.1. The van der Waals surface area contributed by atoms with Crippen LogP contribution in [-0.2, 0) is 11.3 Å². The fourth-order valence-electron chi connectivity index (χ4n) is 1.54. The third kappa shape index (κ3) is 6.00. The zero-order valence-electron chi connectivity index (χ0n) is 11.0. The van der Waals surface area contributed by atoms with Crippen molar-refractivity contribution in [2.45, 2.75) is 19.9 Å². The number of aliphatic hydroxyl groups excluding tert-OH is 1. The highest BCUT2D eigenvalue weighted by Crippen LogP contribution is 2.17. The molecule has 102 valence electrons. The summed E-state index contributed by atoms with van der Waals surface area (Å²) in [5.74, 6) is 0.947. The molecule has 0 heterocycles. The van der Waals surface area contributed by atoms with Gasteiger partial charge in [0.15, 0.2) is 0 Å². The van der Waals surface area contributed by atoms with E-state index in [9.17, 15) is 0 Å². The molecule has 0 atom stereocenters. The van der Waals surface area contributed by atoms with Crippen LogP contribution in [0.5, 0.6) is 5.75 Å². The fourth-order valence-corrected chi connectivity index (χ4v) is 1.54. The van der Waals surface area contributed by atoms with Gasteiger partial charge in [-0.05, 0) is 12.5 Å². The van der Waals surface area contributed by atoms with E-state index in [1.807, 2.05) is 18.2 Å². The maximum absolute atomic E-state index is 8.56. The molecule has 0 aliphatic carbocycles. The van der Waals surface area contributed by atoms with E-state index >= 15 is 0 Å². The van der Waals surface area contributed by atoms with Gasteiger partial charge in [-0.3, -0.25) is 0 Å². The van der Waals surface area contributed by atoms with Gasteiger partial charge in [-0.15, -0.1) is 0 Å². The summed E-state index contributed by atoms with van der Waals surface area (Å²) in [7, 11) is 0. The quantitative estimate of drug-likeness (QED) is 0.622. The van der Waals surface area contributed by atoms with Gasteiger partial charge < -0.3 is 19.9 Å². The molecular weight excluding hydrogens is 230 g/mol. The molecule has 1 rings (SSSR count). The summed E-state index contributed by atoms with van der Waals surface area (Å²) in [6.07, 6.45) is 1.01. The van der Waals surface area contributed by atoms with E-state index in [4.69, 9.17) is 14.6 Å². The molecule has 4 nitrogen and oxygen atoms in total. The topological polar surface area (TPSA) is 50.7 Å². The van der Waals surface area contributed by atoms with Gasteiger partial charge in [0.25, 0.3) is 0 Å². The van der Waals surface area contributed by atoms with Crippen LogP contribution in [0.15, 0.2) is 24.3 Å². The minimum Gasteiger partial charge on any atom is -0.493 e. The molecule has 18 heavy (non-hydrogen) atoms. The Labute approximate surface area is 109 Å². The van der Waals surface area contributed by atoms with Crippen molar-refractivity contribution < 1.29 is 14.6 Å². The number of hydrogen-bond donors (Lipinski definition) is 2. The molecular formula is C14H23NO3. The minimum atomic E-state index is 0.0771. The van der Waals surface area contributed by atoms with Crippen LogP contribution in [0.25, 0.3) is 0 Å². The Hall–Kier alpha value is -1.10. The Morgan fingerprint density at radius 1 is 1.17 bits per heavy atom. The number of benzene rings is 1. The van der Waals surface area contributed by atoms with E-state index in [0.29, 0.717) is 13.2 Å². The molecule has 0 radical (unpaired) electrons. The highest BCUT2D eigenvalue weighted by Gasteiger charge is 2.01. The molecule has 0 saturated carbocycles. The van der Waals surface area contributed by atoms with E-state index in [2.05, 4.69) is 18.3 Å². The van der Waals surface area contributed by atoms with Crippen molar-refractivity contribution >= 4 is 0 Å². The van der Waals surface area contributed by atoms with Crippen molar-refractivity contribution in [3.05, 3.63) is 29.8 Å². The molecule has 0 aliphatic heterocycles. The molecule has 0 amide bonds. The van der Waals surface area contributed by atoms with Crippen LogP contribution in [-0.4, -0.2) is 38.1 Å². The monoisotopic (exact) mass is 253 g/mol. The average Bonchev–Trinajstić information content (AvgIpc) is 2.41. The molecule has 0 aromatic heterocycles. The number of nitrogens with one attached hydrogen (secondary N) is 1. The first-order valence-corrected chi connectivity index (χ1v) is 6.48. The lowest BCUT2D eigenvalue weighted by molar-refractivity contribution is 0.0937. The lowest BCUT2D eigenvalue weighted by Crippen LogP contribution is -2.20. The number of rotatable bonds is 10. The standard InChI is InChI=1S/C14H23NO3/c1-2-9-18-14-6-4-3-5-13(14)12-15-7-10-17-11-8-16/h3-6,15-16H,2,7-12H2,1H3. The van der Waals surface area contributed by atoms with Crippen LogP contribution in [0.2, 0.25) is 0 Å². The first-order valence-electron chi connectivity index (χ1n) is 6.48. The first-order chi connectivity index (χ1) is 8.88. The summed E-state index contributed by atoms with van der Waals surface area (Å²) >= 11 is 0. The third-order valence-corrected chi connectivity index (χ3v) is 2.41. The molecule has 0 bridgehead atoms. The van der Waals surface area contributed by atoms with E-state index in [1.54, 1.807) is 0 Å². The second-order valence-electron chi connectivity index (χ2n) is 3.97. The zero-order valence-corrected chi connectivity index (χ0v) is 11.0. The van der Waals surface area contributed by atoms with Gasteiger partial charge in [0, 0.05) is 18.7 Å². The lowest BCUT2D eigenvalue weighted by atomic mass is 10.2. The summed E-state index contributed by atoms with van der Waals surface area (Å²) < 4.78 is 10.8. The molecule has 0 aliphatic rings. The van der Waals surface area contributed by atoms with Crippen molar-refractivity contribution in [3.8, 4) is 5.75 Å². The maximum atomic E-state index is 8.56. The van der Waals surface area contributed by atoms with Gasteiger partial charge in [-0.2, -0.15) is 0 Å². The van der Waals surface area contributed by atoms with Gasteiger partial charge in [-0.25, -0.2) is 0 Å². The van der Waals surface area contributed by atoms with E-state index in [1.165, 1.54) is 0 Å². The van der Waals surface area contributed by atoms with Crippen molar-refractivity contribution in [2.24, 2.45) is 0 Å². The molecule has 0 fully saturated rings. The van der Waals surface area contributed by atoms with Gasteiger partial charge in [0.2, 0.25) is 0 Å². The summed E-state index contributed by atoms with van der Waals surface area (Å²) in [4.78, 5) is 0. The Bertz CT molecular complexity index is 318. The van der Waals surface area contributed by atoms with Gasteiger partial charge in [0.05, 0.1) is 26.4 Å². The van der Waals surface area contributed by atoms with Crippen molar-refractivity contribution in [1.29, 1.82) is 0 Å². The van der Waals surface area contributed by atoms with Gasteiger partial charge in [-0.1, -0.05) is 25.1 Å².